The van der Waals surface area contributed by atoms with Gasteiger partial charge >= 0.3 is 0 Å². The highest BCUT2D eigenvalue weighted by Gasteiger charge is 2.02. The SMILES string of the molecule is CCCC(=O)N/N=C/c1c(Cl)cccc1Cl. The molecule has 1 N–H and O–H groups in total. The van der Waals surface area contributed by atoms with Crippen LogP contribution in [0.15, 0.2) is 23.3 Å². The third kappa shape index (κ3) is 3.83. The van der Waals surface area contributed by atoms with Gasteiger partial charge in [0.15, 0.2) is 0 Å². The predicted octanol–water partition coefficient (Wildman–Crippen LogP) is 3.24. The smallest absolute Gasteiger partial charge is 0.240 e. The van der Waals surface area contributed by atoms with Crippen molar-refractivity contribution in [1.29, 1.82) is 0 Å². The van der Waals surface area contributed by atoms with Crippen molar-refractivity contribution in [3.63, 3.8) is 0 Å². The molecule has 1 aromatic carbocycles. The zero-order valence-electron chi connectivity index (χ0n) is 8.84. The molecule has 0 radical (unpaired) electrons. The first-order valence-corrected chi connectivity index (χ1v) is 5.66. The van der Waals surface area contributed by atoms with Crippen LogP contribution < -0.4 is 5.43 Å². The number of nitrogens with zero attached hydrogens (tertiary/aromatic N) is 1. The minimum Gasteiger partial charge on any atom is -0.273 e. The Balaban J connectivity index is 2.66. The Labute approximate surface area is 104 Å². The van der Waals surface area contributed by atoms with Gasteiger partial charge in [-0.2, -0.15) is 5.10 Å². The topological polar surface area (TPSA) is 41.5 Å². The average molecular weight is 259 g/mol. The summed E-state index contributed by atoms with van der Waals surface area (Å²) in [5, 5.41) is 4.79. The largest absolute Gasteiger partial charge is 0.273 e. The summed E-state index contributed by atoms with van der Waals surface area (Å²) in [6.45, 7) is 1.92. The average Bonchev–Trinajstić information content (AvgIpc) is 2.23. The zero-order valence-corrected chi connectivity index (χ0v) is 10.3. The van der Waals surface area contributed by atoms with Gasteiger partial charge in [-0.1, -0.05) is 36.2 Å². The first-order chi connectivity index (χ1) is 7.65. The minimum absolute atomic E-state index is 0.123. The van der Waals surface area contributed by atoms with Gasteiger partial charge in [0.25, 0.3) is 0 Å². The summed E-state index contributed by atoms with van der Waals surface area (Å²) in [7, 11) is 0. The second kappa shape index (κ2) is 6.51. The van der Waals surface area contributed by atoms with Crippen molar-refractivity contribution in [2.45, 2.75) is 19.8 Å². The van der Waals surface area contributed by atoms with Crippen LogP contribution in [0.3, 0.4) is 0 Å². The number of rotatable bonds is 4. The van der Waals surface area contributed by atoms with Crippen LogP contribution in [-0.2, 0) is 4.79 Å². The molecule has 0 unspecified atom stereocenters. The van der Waals surface area contributed by atoms with Crippen LogP contribution in [0.4, 0.5) is 0 Å². The highest BCUT2D eigenvalue weighted by atomic mass is 35.5. The van der Waals surface area contributed by atoms with Gasteiger partial charge in [-0.3, -0.25) is 4.79 Å². The standard InChI is InChI=1S/C11H12Cl2N2O/c1-2-4-11(16)15-14-7-8-9(12)5-3-6-10(8)13/h3,5-7H,2,4H2,1H3,(H,15,16)/b14-7+. The Morgan fingerprint density at radius 2 is 2.06 bits per heavy atom. The van der Waals surface area contributed by atoms with E-state index >= 15 is 0 Å². The summed E-state index contributed by atoms with van der Waals surface area (Å²) in [5.41, 5.74) is 3.00. The molecule has 0 saturated carbocycles. The molecule has 5 heteroatoms. The lowest BCUT2D eigenvalue weighted by molar-refractivity contribution is -0.121. The van der Waals surface area contributed by atoms with Crippen LogP contribution >= 0.6 is 23.2 Å². The van der Waals surface area contributed by atoms with Crippen molar-refractivity contribution in [2.24, 2.45) is 5.10 Å². The number of hydrogen-bond acceptors (Lipinski definition) is 2. The number of hydrogen-bond donors (Lipinski definition) is 1. The molecule has 86 valence electrons. The molecule has 0 aliphatic heterocycles. The summed E-state index contributed by atoms with van der Waals surface area (Å²) in [4.78, 5) is 11.1. The van der Waals surface area contributed by atoms with Crippen molar-refractivity contribution in [3.05, 3.63) is 33.8 Å². The number of amides is 1. The molecule has 1 rings (SSSR count). The van der Waals surface area contributed by atoms with E-state index in [1.54, 1.807) is 18.2 Å². The molecule has 0 aliphatic carbocycles. The maximum absolute atomic E-state index is 11.1. The molecule has 0 aromatic heterocycles. The maximum Gasteiger partial charge on any atom is 0.240 e. The Hall–Kier alpha value is -1.06. The fraction of sp³-hybridized carbons (Fsp3) is 0.273. The lowest BCUT2D eigenvalue weighted by atomic mass is 10.2. The molecule has 3 nitrogen and oxygen atoms in total. The normalized spacial score (nSPS) is 10.7. The van der Waals surface area contributed by atoms with E-state index in [1.807, 2.05) is 6.92 Å². The molecule has 0 aliphatic rings. The molecule has 0 heterocycles. The van der Waals surface area contributed by atoms with E-state index in [0.717, 1.165) is 6.42 Å². The van der Waals surface area contributed by atoms with Gasteiger partial charge in [0.05, 0.1) is 16.3 Å². The molecular formula is C11H12Cl2N2O. The second-order valence-electron chi connectivity index (χ2n) is 3.18. The van der Waals surface area contributed by atoms with E-state index in [2.05, 4.69) is 10.5 Å². The molecule has 1 amide bonds. The van der Waals surface area contributed by atoms with Crippen LogP contribution in [0.2, 0.25) is 10.0 Å². The first-order valence-electron chi connectivity index (χ1n) is 4.91. The minimum atomic E-state index is -0.123. The van der Waals surface area contributed by atoms with Gasteiger partial charge in [0.2, 0.25) is 5.91 Å². The highest BCUT2D eigenvalue weighted by molar-refractivity contribution is 6.38. The number of benzene rings is 1. The van der Waals surface area contributed by atoms with E-state index in [0.29, 0.717) is 22.0 Å². The third-order valence-electron chi connectivity index (χ3n) is 1.86. The molecule has 0 saturated heterocycles. The van der Waals surface area contributed by atoms with Crippen molar-refractivity contribution >= 4 is 35.3 Å². The second-order valence-corrected chi connectivity index (χ2v) is 3.99. The zero-order chi connectivity index (χ0) is 12.0. The molecule has 16 heavy (non-hydrogen) atoms. The van der Waals surface area contributed by atoms with E-state index < -0.39 is 0 Å². The summed E-state index contributed by atoms with van der Waals surface area (Å²) in [5.74, 6) is -0.123. The Bertz CT molecular complexity index is 385. The lowest BCUT2D eigenvalue weighted by Crippen LogP contribution is -2.16. The van der Waals surface area contributed by atoms with Crippen LogP contribution in [-0.4, -0.2) is 12.1 Å². The molecule has 0 bridgehead atoms. The van der Waals surface area contributed by atoms with E-state index in [-0.39, 0.29) is 5.91 Å². The number of halogens is 2. The summed E-state index contributed by atoms with van der Waals surface area (Å²) in [6, 6.07) is 5.17. The Kier molecular flexibility index (Phi) is 5.29. The van der Waals surface area contributed by atoms with Crippen molar-refractivity contribution < 1.29 is 4.79 Å². The summed E-state index contributed by atoms with van der Waals surface area (Å²) in [6.07, 6.45) is 2.68. The molecule has 1 aromatic rings. The Morgan fingerprint density at radius 3 is 2.62 bits per heavy atom. The lowest BCUT2D eigenvalue weighted by Gasteiger charge is -2.00. The van der Waals surface area contributed by atoms with E-state index in [9.17, 15) is 4.79 Å². The fourth-order valence-corrected chi connectivity index (χ4v) is 1.58. The molecular weight excluding hydrogens is 247 g/mol. The van der Waals surface area contributed by atoms with Gasteiger partial charge in [-0.15, -0.1) is 0 Å². The third-order valence-corrected chi connectivity index (χ3v) is 2.52. The maximum atomic E-state index is 11.1. The van der Waals surface area contributed by atoms with Crippen LogP contribution in [0.25, 0.3) is 0 Å². The fourth-order valence-electron chi connectivity index (χ4n) is 1.09. The van der Waals surface area contributed by atoms with Crippen molar-refractivity contribution in [1.82, 2.24) is 5.43 Å². The van der Waals surface area contributed by atoms with Gasteiger partial charge in [0, 0.05) is 12.0 Å². The van der Waals surface area contributed by atoms with Crippen LogP contribution in [0.5, 0.6) is 0 Å². The quantitative estimate of drug-likeness (QED) is 0.654. The summed E-state index contributed by atoms with van der Waals surface area (Å²) >= 11 is 11.8. The van der Waals surface area contributed by atoms with Gasteiger partial charge < -0.3 is 0 Å². The van der Waals surface area contributed by atoms with Crippen LogP contribution in [0, 0.1) is 0 Å². The number of hydrazone groups is 1. The van der Waals surface area contributed by atoms with E-state index in [1.165, 1.54) is 6.21 Å². The first kappa shape index (κ1) is 13.0. The number of carbonyl (C=O) groups is 1. The predicted molar refractivity (Wildman–Crippen MR) is 67.1 cm³/mol. The number of nitrogens with one attached hydrogen (secondary N) is 1. The molecule has 0 fully saturated rings. The van der Waals surface area contributed by atoms with E-state index in [4.69, 9.17) is 23.2 Å². The summed E-state index contributed by atoms with van der Waals surface area (Å²) < 4.78 is 0. The highest BCUT2D eigenvalue weighted by Crippen LogP contribution is 2.21. The van der Waals surface area contributed by atoms with Crippen molar-refractivity contribution in [2.75, 3.05) is 0 Å². The molecule has 0 spiro atoms. The van der Waals surface area contributed by atoms with Crippen LogP contribution in [0.1, 0.15) is 25.3 Å². The number of carbonyl (C=O) groups excluding carboxylic acids is 1. The van der Waals surface area contributed by atoms with Gasteiger partial charge in [0.1, 0.15) is 0 Å². The Morgan fingerprint density at radius 1 is 1.44 bits per heavy atom. The van der Waals surface area contributed by atoms with Gasteiger partial charge in [-0.25, -0.2) is 5.43 Å². The molecule has 0 atom stereocenters. The van der Waals surface area contributed by atoms with Crippen molar-refractivity contribution in [3.8, 4) is 0 Å². The monoisotopic (exact) mass is 258 g/mol. The van der Waals surface area contributed by atoms with Gasteiger partial charge in [-0.05, 0) is 18.6 Å².